The minimum atomic E-state index is -4.15. The van der Waals surface area contributed by atoms with E-state index in [1.165, 1.54) is 10.5 Å². The zero-order valence-electron chi connectivity index (χ0n) is 16.3. The van der Waals surface area contributed by atoms with Crippen molar-refractivity contribution in [3.8, 4) is 0 Å². The van der Waals surface area contributed by atoms with E-state index in [0.717, 1.165) is 0 Å². The van der Waals surface area contributed by atoms with Crippen LogP contribution in [0.25, 0.3) is 0 Å². The highest BCUT2D eigenvalue weighted by Crippen LogP contribution is 2.20. The van der Waals surface area contributed by atoms with Gasteiger partial charge in [-0.15, -0.1) is 0 Å². The summed E-state index contributed by atoms with van der Waals surface area (Å²) in [4.78, 5) is 8.24. The number of nitrogens with zero attached hydrogens (tertiary/aromatic N) is 3. The Kier molecular flexibility index (Phi) is 7.91. The van der Waals surface area contributed by atoms with Crippen molar-refractivity contribution in [2.24, 2.45) is 4.99 Å². The highest BCUT2D eigenvalue weighted by molar-refractivity contribution is 5.80. The van der Waals surface area contributed by atoms with Gasteiger partial charge in [0, 0.05) is 25.7 Å². The van der Waals surface area contributed by atoms with Gasteiger partial charge in [0.05, 0.1) is 19.1 Å². The second-order valence-electron chi connectivity index (χ2n) is 7.09. The molecule has 5 nitrogen and oxygen atoms in total. The van der Waals surface area contributed by atoms with Crippen LogP contribution in [0.3, 0.4) is 0 Å². The van der Waals surface area contributed by atoms with E-state index in [1.54, 1.807) is 0 Å². The fourth-order valence-electron chi connectivity index (χ4n) is 3.28. The molecule has 0 amide bonds. The minimum Gasteiger partial charge on any atom is -0.357 e. The van der Waals surface area contributed by atoms with Gasteiger partial charge in [-0.05, 0) is 33.0 Å². The first-order chi connectivity index (χ1) is 12.8. The second kappa shape index (κ2) is 9.94. The molecule has 1 aromatic carbocycles. The summed E-state index contributed by atoms with van der Waals surface area (Å²) in [6.45, 7) is 3.20. The van der Waals surface area contributed by atoms with Gasteiger partial charge in [-0.1, -0.05) is 30.3 Å². The van der Waals surface area contributed by atoms with E-state index in [1.807, 2.05) is 39.2 Å². The Labute approximate surface area is 159 Å². The van der Waals surface area contributed by atoms with Crippen LogP contribution >= 0.6 is 0 Å². The fraction of sp³-hybridized carbons (Fsp3) is 0.632. The highest BCUT2D eigenvalue weighted by Gasteiger charge is 2.34. The summed E-state index contributed by atoms with van der Waals surface area (Å²) >= 11 is 0. The van der Waals surface area contributed by atoms with Crippen LogP contribution in [-0.4, -0.2) is 74.8 Å². The van der Waals surface area contributed by atoms with E-state index in [-0.39, 0.29) is 12.1 Å². The first-order valence-electron chi connectivity index (χ1n) is 9.34. The number of rotatable bonds is 7. The number of likely N-dealkylation sites (N-methyl/N-ethyl adjacent to an activating group) is 1. The molecule has 152 valence electrons. The predicted molar refractivity (Wildman–Crippen MR) is 103 cm³/mol. The van der Waals surface area contributed by atoms with Gasteiger partial charge in [0.1, 0.15) is 0 Å². The number of likely N-dealkylation sites (tertiary alicyclic amines) is 1. The fourth-order valence-corrected chi connectivity index (χ4v) is 3.28. The average molecular weight is 385 g/mol. The summed E-state index contributed by atoms with van der Waals surface area (Å²) in [5.41, 5.74) is 1.18. The van der Waals surface area contributed by atoms with Gasteiger partial charge >= 0.3 is 6.18 Å². The number of alkyl halides is 3. The predicted octanol–water partition coefficient (Wildman–Crippen LogP) is 2.48. The standard InChI is InChI=1S/C19H30F3N5/c1-4-23-18(25-16-10-11-27(13-16)14-19(20,21)22)24-12-17(26(2)3)15-8-6-5-7-9-15/h5-9,16-17H,4,10-14H2,1-3H3,(H2,23,24,25). The van der Waals surface area contributed by atoms with Gasteiger partial charge in [0.15, 0.2) is 5.96 Å². The Morgan fingerprint density at radius 2 is 2.00 bits per heavy atom. The largest absolute Gasteiger partial charge is 0.401 e. The van der Waals surface area contributed by atoms with E-state index < -0.39 is 12.7 Å². The third-order valence-electron chi connectivity index (χ3n) is 4.59. The molecule has 27 heavy (non-hydrogen) atoms. The molecule has 1 heterocycles. The molecule has 1 fully saturated rings. The molecule has 8 heteroatoms. The second-order valence-corrected chi connectivity index (χ2v) is 7.09. The first-order valence-corrected chi connectivity index (χ1v) is 9.34. The number of halogens is 3. The van der Waals surface area contributed by atoms with E-state index >= 15 is 0 Å². The molecule has 2 rings (SSSR count). The molecule has 0 aromatic heterocycles. The molecule has 2 N–H and O–H groups in total. The quantitative estimate of drug-likeness (QED) is 0.559. The van der Waals surface area contributed by atoms with Crippen LogP contribution in [0.1, 0.15) is 24.9 Å². The zero-order chi connectivity index (χ0) is 19.9. The molecule has 1 aliphatic heterocycles. The van der Waals surface area contributed by atoms with Crippen LogP contribution < -0.4 is 10.6 Å². The van der Waals surface area contributed by atoms with Crippen molar-refractivity contribution in [3.63, 3.8) is 0 Å². The van der Waals surface area contributed by atoms with Gasteiger partial charge in [-0.3, -0.25) is 9.89 Å². The molecule has 1 aromatic rings. The van der Waals surface area contributed by atoms with Crippen molar-refractivity contribution in [2.75, 3.05) is 46.8 Å². The average Bonchev–Trinajstić information content (AvgIpc) is 3.00. The number of hydrogen-bond donors (Lipinski definition) is 2. The molecule has 0 saturated carbocycles. The molecular weight excluding hydrogens is 355 g/mol. The van der Waals surface area contributed by atoms with Gasteiger partial charge < -0.3 is 15.5 Å². The molecule has 0 bridgehead atoms. The van der Waals surface area contributed by atoms with Crippen LogP contribution in [0.4, 0.5) is 13.2 Å². The maximum Gasteiger partial charge on any atom is 0.401 e. The summed E-state index contributed by atoms with van der Waals surface area (Å²) in [6.07, 6.45) is -3.47. The van der Waals surface area contributed by atoms with E-state index in [2.05, 4.69) is 32.7 Å². The van der Waals surface area contributed by atoms with E-state index in [9.17, 15) is 13.2 Å². The van der Waals surface area contributed by atoms with Crippen LogP contribution in [0, 0.1) is 0 Å². The maximum atomic E-state index is 12.6. The third kappa shape index (κ3) is 7.38. The molecular formula is C19H30F3N5. The Morgan fingerprint density at radius 1 is 1.30 bits per heavy atom. The monoisotopic (exact) mass is 385 g/mol. The lowest BCUT2D eigenvalue weighted by Gasteiger charge is -2.24. The van der Waals surface area contributed by atoms with Gasteiger partial charge in [-0.2, -0.15) is 13.2 Å². The number of aliphatic imine (C=N–C) groups is 1. The van der Waals surface area contributed by atoms with Crippen LogP contribution in [0.15, 0.2) is 35.3 Å². The number of guanidine groups is 1. The molecule has 2 atom stereocenters. The lowest BCUT2D eigenvalue weighted by Crippen LogP contribution is -2.45. The van der Waals surface area contributed by atoms with Crippen LogP contribution in [0.5, 0.6) is 0 Å². The van der Waals surface area contributed by atoms with Crippen molar-refractivity contribution in [1.29, 1.82) is 0 Å². The van der Waals surface area contributed by atoms with Crippen molar-refractivity contribution < 1.29 is 13.2 Å². The van der Waals surface area contributed by atoms with Crippen molar-refractivity contribution in [2.45, 2.75) is 31.6 Å². The summed E-state index contributed by atoms with van der Waals surface area (Å²) < 4.78 is 37.7. The molecule has 0 aliphatic carbocycles. The van der Waals surface area contributed by atoms with E-state index in [4.69, 9.17) is 0 Å². The summed E-state index contributed by atoms with van der Waals surface area (Å²) in [5.74, 6) is 0.652. The van der Waals surface area contributed by atoms with Crippen molar-refractivity contribution in [3.05, 3.63) is 35.9 Å². The SMILES string of the molecule is CCNC(=NCC(c1ccccc1)N(C)C)NC1CCN(CC(F)(F)F)C1. The topological polar surface area (TPSA) is 42.9 Å². The lowest BCUT2D eigenvalue weighted by atomic mass is 10.1. The van der Waals surface area contributed by atoms with Gasteiger partial charge in [-0.25, -0.2) is 0 Å². The van der Waals surface area contributed by atoms with Gasteiger partial charge in [0.25, 0.3) is 0 Å². The minimum absolute atomic E-state index is 0.0281. The Hall–Kier alpha value is -1.80. The molecule has 0 spiro atoms. The molecule has 0 radical (unpaired) electrons. The summed E-state index contributed by atoms with van der Waals surface area (Å²) in [6, 6.07) is 10.3. The Morgan fingerprint density at radius 3 is 2.59 bits per heavy atom. The summed E-state index contributed by atoms with van der Waals surface area (Å²) in [7, 11) is 4.03. The zero-order valence-corrected chi connectivity index (χ0v) is 16.3. The van der Waals surface area contributed by atoms with Crippen molar-refractivity contribution in [1.82, 2.24) is 20.4 Å². The molecule has 1 aliphatic rings. The maximum absolute atomic E-state index is 12.6. The molecule has 1 saturated heterocycles. The van der Waals surface area contributed by atoms with Crippen LogP contribution in [0.2, 0.25) is 0 Å². The Balaban J connectivity index is 1.97. The van der Waals surface area contributed by atoms with Crippen molar-refractivity contribution >= 4 is 5.96 Å². The lowest BCUT2D eigenvalue weighted by molar-refractivity contribution is -0.143. The van der Waals surface area contributed by atoms with Crippen LogP contribution in [-0.2, 0) is 0 Å². The summed E-state index contributed by atoms with van der Waals surface area (Å²) in [5, 5.41) is 6.49. The normalized spacial score (nSPS) is 20.1. The first kappa shape index (κ1) is 21.5. The number of nitrogens with one attached hydrogen (secondary N) is 2. The smallest absolute Gasteiger partial charge is 0.357 e. The third-order valence-corrected chi connectivity index (χ3v) is 4.59. The van der Waals surface area contributed by atoms with Gasteiger partial charge in [0.2, 0.25) is 0 Å². The Bertz CT molecular complexity index is 589. The number of benzene rings is 1. The highest BCUT2D eigenvalue weighted by atomic mass is 19.4. The van der Waals surface area contributed by atoms with E-state index in [0.29, 0.717) is 38.6 Å². The number of hydrogen-bond acceptors (Lipinski definition) is 3. The molecule has 2 unspecified atom stereocenters.